The van der Waals surface area contributed by atoms with Crippen LogP contribution in [0.5, 0.6) is 0 Å². The minimum absolute atomic E-state index is 0.156. The second kappa shape index (κ2) is 12.1. The zero-order valence-electron chi connectivity index (χ0n) is 30.2. The molecule has 10 aromatic rings. The first-order chi connectivity index (χ1) is 27.0. The van der Waals surface area contributed by atoms with E-state index in [2.05, 4.69) is 120 Å². The van der Waals surface area contributed by atoms with Crippen LogP contribution < -0.4 is 0 Å². The van der Waals surface area contributed by atoms with Crippen LogP contribution in [0, 0.1) is 0 Å². The van der Waals surface area contributed by atoms with Crippen LogP contribution in [0.4, 0.5) is 0 Å². The summed E-state index contributed by atoms with van der Waals surface area (Å²) in [6.45, 7) is 4.70. The Hall–Kier alpha value is -6.76. The predicted octanol–water partition coefficient (Wildman–Crippen LogP) is 12.6. The molecule has 55 heavy (non-hydrogen) atoms. The summed E-state index contributed by atoms with van der Waals surface area (Å²) in [4.78, 5) is 19.7. The zero-order chi connectivity index (χ0) is 36.7. The largest absolute Gasteiger partial charge is 0.309 e. The predicted molar refractivity (Wildman–Crippen MR) is 227 cm³/mol. The Morgan fingerprint density at radius 1 is 0.473 bits per heavy atom. The minimum Gasteiger partial charge on any atom is -0.309 e. The van der Waals surface area contributed by atoms with Crippen molar-refractivity contribution in [3.8, 4) is 62.1 Å². The van der Waals surface area contributed by atoms with Gasteiger partial charge in [0.05, 0.1) is 26.8 Å². The monoisotopic (exact) mass is 723 g/mol. The first kappa shape index (κ1) is 31.7. The van der Waals surface area contributed by atoms with Crippen LogP contribution >= 0.6 is 11.3 Å². The first-order valence-corrected chi connectivity index (χ1v) is 19.4. The number of hydrogen-bond donors (Lipinski definition) is 0. The highest BCUT2D eigenvalue weighted by molar-refractivity contribution is 7.16. The molecular weight excluding hydrogens is 691 g/mol. The summed E-state index contributed by atoms with van der Waals surface area (Å²) in [6.07, 6.45) is 0. The third-order valence-corrected chi connectivity index (χ3v) is 12.0. The number of fused-ring (bicyclic) bond motifs is 7. The van der Waals surface area contributed by atoms with Crippen molar-refractivity contribution in [2.75, 3.05) is 0 Å². The van der Waals surface area contributed by atoms with Crippen molar-refractivity contribution >= 4 is 43.4 Å². The van der Waals surface area contributed by atoms with E-state index in [0.717, 1.165) is 44.3 Å². The van der Waals surface area contributed by atoms with Crippen molar-refractivity contribution in [1.29, 1.82) is 0 Å². The van der Waals surface area contributed by atoms with E-state index in [1.807, 2.05) is 66.2 Å². The molecule has 11 rings (SSSR count). The van der Waals surface area contributed by atoms with Gasteiger partial charge in [-0.05, 0) is 88.0 Å². The van der Waals surface area contributed by atoms with E-state index in [-0.39, 0.29) is 5.41 Å². The number of nitrogens with zero attached hydrogens (tertiary/aromatic N) is 5. The Morgan fingerprint density at radius 3 is 1.65 bits per heavy atom. The molecule has 0 atom stereocenters. The average Bonchev–Trinajstić information content (AvgIpc) is 3.91. The molecule has 0 fully saturated rings. The van der Waals surface area contributed by atoms with Gasteiger partial charge >= 0.3 is 0 Å². The number of aromatic nitrogens is 5. The summed E-state index contributed by atoms with van der Waals surface area (Å²) in [5.74, 6) is 1.94. The highest BCUT2D eigenvalue weighted by Gasteiger charge is 2.36. The van der Waals surface area contributed by atoms with Gasteiger partial charge in [0.15, 0.2) is 17.5 Å². The Labute approximate surface area is 322 Å². The van der Waals surface area contributed by atoms with E-state index in [0.29, 0.717) is 17.5 Å². The molecule has 1 aliphatic rings. The van der Waals surface area contributed by atoms with E-state index in [1.165, 1.54) is 43.5 Å². The lowest BCUT2D eigenvalue weighted by Crippen LogP contribution is -2.15. The second-order valence-electron chi connectivity index (χ2n) is 14.8. The number of rotatable bonds is 5. The highest BCUT2D eigenvalue weighted by atomic mass is 32.1. The van der Waals surface area contributed by atoms with Crippen LogP contribution in [0.1, 0.15) is 25.0 Å². The third kappa shape index (κ3) is 5.06. The van der Waals surface area contributed by atoms with Gasteiger partial charge in [0.2, 0.25) is 0 Å². The highest BCUT2D eigenvalue weighted by Crippen LogP contribution is 2.51. The lowest BCUT2D eigenvalue weighted by Gasteiger charge is -2.22. The topological polar surface area (TPSA) is 56.5 Å². The molecule has 260 valence electrons. The van der Waals surface area contributed by atoms with Gasteiger partial charge in [-0.2, -0.15) is 0 Å². The van der Waals surface area contributed by atoms with Crippen LogP contribution in [0.2, 0.25) is 0 Å². The Balaban J connectivity index is 1.13. The quantitative estimate of drug-likeness (QED) is 0.177. The maximum atomic E-state index is 5.07. The molecule has 0 radical (unpaired) electrons. The molecular formula is C49H33N5S. The molecule has 0 saturated heterocycles. The third-order valence-electron chi connectivity index (χ3n) is 11.2. The normalized spacial score (nSPS) is 13.1. The Kier molecular flexibility index (Phi) is 7.00. The molecule has 1 aliphatic carbocycles. The van der Waals surface area contributed by atoms with Crippen molar-refractivity contribution < 1.29 is 0 Å². The van der Waals surface area contributed by atoms with E-state index in [1.54, 1.807) is 11.3 Å². The van der Waals surface area contributed by atoms with Crippen molar-refractivity contribution in [3.05, 3.63) is 174 Å². The van der Waals surface area contributed by atoms with Gasteiger partial charge in [-0.1, -0.05) is 117 Å². The number of hydrogen-bond acceptors (Lipinski definition) is 5. The van der Waals surface area contributed by atoms with E-state index in [9.17, 15) is 0 Å². The van der Waals surface area contributed by atoms with Crippen molar-refractivity contribution in [3.63, 3.8) is 0 Å². The first-order valence-electron chi connectivity index (χ1n) is 18.5. The summed E-state index contributed by atoms with van der Waals surface area (Å²) in [5, 5.41) is 2.32. The SMILES string of the molecule is CC1(C)c2cc(-n3c4ccc(-c5ccccc5)cc4c4cc(-c5nc(-c6ccccc6)nc(-c6ccccc6)n5)ccc43)ccc2-c2cc3ncsc3cc21. The Bertz CT molecular complexity index is 3050. The van der Waals surface area contributed by atoms with E-state index in [4.69, 9.17) is 15.0 Å². The average molecular weight is 724 g/mol. The number of benzene rings is 7. The molecule has 0 bridgehead atoms. The molecule has 0 N–H and O–H groups in total. The van der Waals surface area contributed by atoms with Gasteiger partial charge in [-0.25, -0.2) is 19.9 Å². The van der Waals surface area contributed by atoms with Crippen LogP contribution in [0.3, 0.4) is 0 Å². The van der Waals surface area contributed by atoms with Crippen molar-refractivity contribution in [2.24, 2.45) is 0 Å². The van der Waals surface area contributed by atoms with Crippen molar-refractivity contribution in [1.82, 2.24) is 24.5 Å². The van der Waals surface area contributed by atoms with Gasteiger partial charge in [0, 0.05) is 38.6 Å². The lowest BCUT2D eigenvalue weighted by molar-refractivity contribution is 0.661. The summed E-state index contributed by atoms with van der Waals surface area (Å²) >= 11 is 1.71. The second-order valence-corrected chi connectivity index (χ2v) is 15.7. The zero-order valence-corrected chi connectivity index (χ0v) is 31.0. The van der Waals surface area contributed by atoms with E-state index >= 15 is 0 Å². The van der Waals surface area contributed by atoms with Crippen LogP contribution in [-0.2, 0) is 5.41 Å². The molecule has 0 spiro atoms. The van der Waals surface area contributed by atoms with E-state index < -0.39 is 0 Å². The molecule has 7 aromatic carbocycles. The fourth-order valence-corrected chi connectivity index (χ4v) is 9.10. The molecule has 0 aliphatic heterocycles. The smallest absolute Gasteiger partial charge is 0.164 e. The van der Waals surface area contributed by atoms with Crippen LogP contribution in [0.15, 0.2) is 163 Å². The molecule has 0 unspecified atom stereocenters. The fourth-order valence-electron chi connectivity index (χ4n) is 8.40. The lowest BCUT2D eigenvalue weighted by atomic mass is 9.82. The Morgan fingerprint density at radius 2 is 1.02 bits per heavy atom. The van der Waals surface area contributed by atoms with Gasteiger partial charge in [0.1, 0.15) is 0 Å². The van der Waals surface area contributed by atoms with Crippen molar-refractivity contribution in [2.45, 2.75) is 19.3 Å². The van der Waals surface area contributed by atoms with Gasteiger partial charge in [-0.15, -0.1) is 11.3 Å². The number of thiazole rings is 1. The molecule has 3 heterocycles. The van der Waals surface area contributed by atoms with Crippen LogP contribution in [0.25, 0.3) is 94.1 Å². The maximum absolute atomic E-state index is 5.07. The summed E-state index contributed by atoms with van der Waals surface area (Å²) in [7, 11) is 0. The standard InChI is InChI=1S/C49H33N5S/c1-49(2)40-26-35(20-21-36(40)37-27-42-45(28-41(37)49)55-29-50-42)54-43-22-18-33(30-12-6-3-7-13-30)24-38(43)39-25-34(19-23-44(39)54)48-52-46(31-14-8-4-9-15-31)51-47(53-48)32-16-10-5-11-17-32/h3-29H,1-2H3. The fraction of sp³-hybridized carbons (Fsp3) is 0.0612. The molecule has 3 aromatic heterocycles. The van der Waals surface area contributed by atoms with Gasteiger partial charge in [-0.3, -0.25) is 0 Å². The molecule has 0 saturated carbocycles. The van der Waals surface area contributed by atoms with Gasteiger partial charge < -0.3 is 4.57 Å². The molecule has 0 amide bonds. The summed E-state index contributed by atoms with van der Waals surface area (Å²) < 4.78 is 3.65. The minimum atomic E-state index is -0.156. The molecule has 5 nitrogen and oxygen atoms in total. The maximum Gasteiger partial charge on any atom is 0.164 e. The summed E-state index contributed by atoms with van der Waals surface area (Å²) in [6, 6.07) is 56.0. The molecule has 6 heteroatoms. The summed E-state index contributed by atoms with van der Waals surface area (Å²) in [5.41, 5.74) is 16.7. The van der Waals surface area contributed by atoms with Gasteiger partial charge in [0.25, 0.3) is 0 Å². The van der Waals surface area contributed by atoms with Crippen LogP contribution in [-0.4, -0.2) is 24.5 Å².